The molecule has 2 aromatic rings. The number of halogens is 1. The Bertz CT molecular complexity index is 533. The minimum atomic E-state index is 0.224. The Morgan fingerprint density at radius 3 is 2.63 bits per heavy atom. The highest BCUT2D eigenvalue weighted by Gasteiger charge is 2.10. The standard InChI is InChI=1S/C14H16ClN3S/c1-3-11(10-7-5-4-6-8-10)16-13-9-12(15)17-14(18-13)19-2/h4-9,11H,3H2,1-2H3,(H,16,17,18). The highest BCUT2D eigenvalue weighted by molar-refractivity contribution is 7.98. The topological polar surface area (TPSA) is 37.8 Å². The second-order valence-electron chi connectivity index (χ2n) is 4.08. The lowest BCUT2D eigenvalue weighted by Crippen LogP contribution is -2.11. The average molecular weight is 294 g/mol. The predicted octanol–water partition coefficient (Wildman–Crippen LogP) is 4.42. The fourth-order valence-electron chi connectivity index (χ4n) is 1.85. The number of thioether (sulfide) groups is 1. The van der Waals surface area contributed by atoms with Crippen LogP contribution in [-0.2, 0) is 0 Å². The molecule has 3 nitrogen and oxygen atoms in total. The van der Waals surface area contributed by atoms with Gasteiger partial charge in [0.2, 0.25) is 0 Å². The number of anilines is 1. The quantitative estimate of drug-likeness (QED) is 0.503. The molecule has 0 spiro atoms. The lowest BCUT2D eigenvalue weighted by Gasteiger charge is -2.18. The maximum Gasteiger partial charge on any atom is 0.190 e. The third-order valence-electron chi connectivity index (χ3n) is 2.79. The molecule has 1 unspecified atom stereocenters. The van der Waals surface area contributed by atoms with E-state index in [1.165, 1.54) is 17.3 Å². The van der Waals surface area contributed by atoms with Crippen molar-refractivity contribution in [2.45, 2.75) is 24.5 Å². The van der Waals surface area contributed by atoms with Crippen molar-refractivity contribution in [3.05, 3.63) is 47.1 Å². The molecule has 0 fully saturated rings. The van der Waals surface area contributed by atoms with E-state index in [4.69, 9.17) is 11.6 Å². The number of nitrogens with one attached hydrogen (secondary N) is 1. The normalized spacial score (nSPS) is 12.2. The summed E-state index contributed by atoms with van der Waals surface area (Å²) < 4.78 is 0. The molecule has 0 bridgehead atoms. The molecule has 1 aromatic heterocycles. The van der Waals surface area contributed by atoms with Crippen LogP contribution in [0.25, 0.3) is 0 Å². The van der Waals surface area contributed by atoms with Crippen molar-refractivity contribution >= 4 is 29.2 Å². The van der Waals surface area contributed by atoms with Crippen molar-refractivity contribution in [1.82, 2.24) is 9.97 Å². The predicted molar refractivity (Wildman–Crippen MR) is 81.9 cm³/mol. The van der Waals surface area contributed by atoms with E-state index in [2.05, 4.69) is 34.3 Å². The zero-order chi connectivity index (χ0) is 13.7. The first-order valence-electron chi connectivity index (χ1n) is 6.13. The summed E-state index contributed by atoms with van der Waals surface area (Å²) in [6, 6.07) is 12.3. The Balaban J connectivity index is 2.21. The van der Waals surface area contributed by atoms with E-state index in [0.717, 1.165) is 12.2 Å². The number of rotatable bonds is 5. The second kappa shape index (κ2) is 6.78. The van der Waals surface area contributed by atoms with Gasteiger partial charge in [0.25, 0.3) is 0 Å². The number of hydrogen-bond donors (Lipinski definition) is 1. The van der Waals surface area contributed by atoms with Gasteiger partial charge in [-0.15, -0.1) is 0 Å². The van der Waals surface area contributed by atoms with Gasteiger partial charge >= 0.3 is 0 Å². The molecule has 0 aliphatic carbocycles. The highest BCUT2D eigenvalue weighted by atomic mass is 35.5. The third kappa shape index (κ3) is 3.85. The van der Waals surface area contributed by atoms with Crippen LogP contribution in [0.15, 0.2) is 41.6 Å². The molecule has 5 heteroatoms. The van der Waals surface area contributed by atoms with Gasteiger partial charge in [0, 0.05) is 6.07 Å². The van der Waals surface area contributed by atoms with Gasteiger partial charge in [-0.05, 0) is 18.2 Å². The summed E-state index contributed by atoms with van der Waals surface area (Å²) in [4.78, 5) is 8.56. The molecule has 1 atom stereocenters. The lowest BCUT2D eigenvalue weighted by molar-refractivity contribution is 0.740. The van der Waals surface area contributed by atoms with Crippen LogP contribution in [0.1, 0.15) is 24.9 Å². The van der Waals surface area contributed by atoms with Gasteiger partial charge in [-0.1, -0.05) is 60.6 Å². The number of aromatic nitrogens is 2. The van der Waals surface area contributed by atoms with Crippen LogP contribution in [-0.4, -0.2) is 16.2 Å². The van der Waals surface area contributed by atoms with Crippen LogP contribution in [0.2, 0.25) is 5.15 Å². The number of benzene rings is 1. The van der Waals surface area contributed by atoms with Crippen molar-refractivity contribution in [2.75, 3.05) is 11.6 Å². The Kier molecular flexibility index (Phi) is 5.05. The van der Waals surface area contributed by atoms with E-state index in [0.29, 0.717) is 10.3 Å². The summed E-state index contributed by atoms with van der Waals surface area (Å²) >= 11 is 7.48. The van der Waals surface area contributed by atoms with Gasteiger partial charge in [-0.2, -0.15) is 0 Å². The molecule has 1 aromatic carbocycles. The van der Waals surface area contributed by atoms with E-state index in [-0.39, 0.29) is 6.04 Å². The molecular formula is C14H16ClN3S. The largest absolute Gasteiger partial charge is 0.363 e. The van der Waals surface area contributed by atoms with Crippen LogP contribution >= 0.6 is 23.4 Å². The first-order chi connectivity index (χ1) is 9.22. The zero-order valence-electron chi connectivity index (χ0n) is 10.9. The zero-order valence-corrected chi connectivity index (χ0v) is 12.5. The monoisotopic (exact) mass is 293 g/mol. The van der Waals surface area contributed by atoms with Crippen molar-refractivity contribution < 1.29 is 0 Å². The molecule has 2 rings (SSSR count). The maximum absolute atomic E-state index is 6.00. The summed E-state index contributed by atoms with van der Waals surface area (Å²) in [5.41, 5.74) is 1.24. The maximum atomic E-state index is 6.00. The van der Waals surface area contributed by atoms with Gasteiger partial charge in [0.15, 0.2) is 5.16 Å². The summed E-state index contributed by atoms with van der Waals surface area (Å²) in [5.74, 6) is 0.764. The van der Waals surface area contributed by atoms with Crippen LogP contribution in [0.3, 0.4) is 0 Å². The Labute approximate surface area is 122 Å². The van der Waals surface area contributed by atoms with Crippen molar-refractivity contribution in [3.63, 3.8) is 0 Å². The van der Waals surface area contributed by atoms with Gasteiger partial charge < -0.3 is 5.32 Å². The molecule has 0 aliphatic rings. The van der Waals surface area contributed by atoms with Crippen molar-refractivity contribution in [1.29, 1.82) is 0 Å². The average Bonchev–Trinajstić information content (AvgIpc) is 2.45. The summed E-state index contributed by atoms with van der Waals surface area (Å²) in [6.07, 6.45) is 2.91. The van der Waals surface area contributed by atoms with E-state index in [1.54, 1.807) is 6.07 Å². The van der Waals surface area contributed by atoms with Crippen LogP contribution < -0.4 is 5.32 Å². The molecule has 0 saturated carbocycles. The fourth-order valence-corrected chi connectivity index (χ4v) is 2.46. The van der Waals surface area contributed by atoms with Crippen LogP contribution in [0.5, 0.6) is 0 Å². The molecule has 19 heavy (non-hydrogen) atoms. The van der Waals surface area contributed by atoms with Gasteiger partial charge in [0.1, 0.15) is 11.0 Å². The van der Waals surface area contributed by atoms with E-state index in [1.807, 2.05) is 24.5 Å². The van der Waals surface area contributed by atoms with E-state index < -0.39 is 0 Å². The van der Waals surface area contributed by atoms with E-state index >= 15 is 0 Å². The van der Waals surface area contributed by atoms with Crippen molar-refractivity contribution in [3.8, 4) is 0 Å². The van der Waals surface area contributed by atoms with E-state index in [9.17, 15) is 0 Å². The summed E-state index contributed by atoms with van der Waals surface area (Å²) in [6.45, 7) is 2.14. The summed E-state index contributed by atoms with van der Waals surface area (Å²) in [7, 11) is 0. The van der Waals surface area contributed by atoms with Gasteiger partial charge in [-0.3, -0.25) is 0 Å². The third-order valence-corrected chi connectivity index (χ3v) is 3.53. The minimum absolute atomic E-state index is 0.224. The Morgan fingerprint density at radius 1 is 1.26 bits per heavy atom. The first-order valence-corrected chi connectivity index (χ1v) is 7.73. The van der Waals surface area contributed by atoms with Crippen LogP contribution in [0.4, 0.5) is 5.82 Å². The van der Waals surface area contributed by atoms with Gasteiger partial charge in [0.05, 0.1) is 6.04 Å². The molecule has 0 radical (unpaired) electrons. The lowest BCUT2D eigenvalue weighted by atomic mass is 10.0. The van der Waals surface area contributed by atoms with Crippen LogP contribution in [0, 0.1) is 0 Å². The molecule has 100 valence electrons. The van der Waals surface area contributed by atoms with Gasteiger partial charge in [-0.25, -0.2) is 9.97 Å². The summed E-state index contributed by atoms with van der Waals surface area (Å²) in [5, 5.41) is 4.55. The second-order valence-corrected chi connectivity index (χ2v) is 5.24. The number of nitrogens with zero attached hydrogens (tertiary/aromatic N) is 2. The number of hydrogen-bond acceptors (Lipinski definition) is 4. The van der Waals surface area contributed by atoms with Crippen molar-refractivity contribution in [2.24, 2.45) is 0 Å². The minimum Gasteiger partial charge on any atom is -0.363 e. The molecule has 1 N–H and O–H groups in total. The first kappa shape index (κ1) is 14.2. The Hall–Kier alpha value is -1.26. The fraction of sp³-hybridized carbons (Fsp3) is 0.286. The Morgan fingerprint density at radius 2 is 2.00 bits per heavy atom. The molecular weight excluding hydrogens is 278 g/mol. The molecule has 0 amide bonds. The molecule has 1 heterocycles. The molecule has 0 aliphatic heterocycles. The molecule has 0 saturated heterocycles. The smallest absolute Gasteiger partial charge is 0.190 e. The highest BCUT2D eigenvalue weighted by Crippen LogP contribution is 2.24. The SMILES string of the molecule is CCC(Nc1cc(Cl)nc(SC)n1)c1ccccc1.